The number of nitrogens with one attached hydrogen (secondary N) is 1. The summed E-state index contributed by atoms with van der Waals surface area (Å²) >= 11 is 0. The van der Waals surface area contributed by atoms with Crippen molar-refractivity contribution in [2.75, 3.05) is 19.7 Å². The number of benzene rings is 2. The van der Waals surface area contributed by atoms with E-state index in [1.807, 2.05) is 31.2 Å². The van der Waals surface area contributed by atoms with Crippen LogP contribution in [0.4, 0.5) is 4.79 Å². The number of carboxylic acids is 1. The van der Waals surface area contributed by atoms with Gasteiger partial charge in [-0.3, -0.25) is 9.59 Å². The summed E-state index contributed by atoms with van der Waals surface area (Å²) in [6, 6.07) is 16.1. The van der Waals surface area contributed by atoms with Crippen LogP contribution in [0.25, 0.3) is 11.1 Å². The van der Waals surface area contributed by atoms with E-state index in [9.17, 15) is 19.5 Å². The lowest BCUT2D eigenvalue weighted by molar-refractivity contribution is -0.153. The van der Waals surface area contributed by atoms with Gasteiger partial charge in [0.25, 0.3) is 0 Å². The Morgan fingerprint density at radius 1 is 1.06 bits per heavy atom. The van der Waals surface area contributed by atoms with Gasteiger partial charge in [-0.15, -0.1) is 0 Å². The highest BCUT2D eigenvalue weighted by Crippen LogP contribution is 2.44. The van der Waals surface area contributed by atoms with Crippen LogP contribution < -0.4 is 5.32 Å². The molecular weight excluding hydrogens is 444 g/mol. The number of hydrogen-bond acceptors (Lipinski definition) is 4. The predicted octanol–water partition coefficient (Wildman–Crippen LogP) is 4.80. The van der Waals surface area contributed by atoms with E-state index in [2.05, 4.69) is 29.6 Å². The molecule has 2 aromatic rings. The average molecular weight is 479 g/mol. The molecule has 1 atom stereocenters. The van der Waals surface area contributed by atoms with Crippen molar-refractivity contribution >= 4 is 18.0 Å². The number of piperidine rings is 1. The summed E-state index contributed by atoms with van der Waals surface area (Å²) < 4.78 is 5.66. The Balaban J connectivity index is 1.33. The van der Waals surface area contributed by atoms with Gasteiger partial charge in [0.15, 0.2) is 0 Å². The molecule has 2 aliphatic rings. The number of nitrogens with zero attached hydrogens (tertiary/aromatic N) is 1. The van der Waals surface area contributed by atoms with Crippen LogP contribution >= 0.6 is 0 Å². The maximum Gasteiger partial charge on any atom is 0.407 e. The Hall–Kier alpha value is -3.35. The standard InChI is InChI=1S/C28H34N2O5/c1-3-8-19(17-25(31)30-15-13-28(2,14-16-30)26(32)33)29-27(34)35-18-24-22-11-6-4-9-20(22)21-10-5-7-12-23(21)24/h4-7,9-12,19,24H,3,8,13-18H2,1-2H3,(H,29,34)(H,32,33)/t19-/m0/s1. The van der Waals surface area contributed by atoms with E-state index in [1.165, 1.54) is 11.1 Å². The second-order valence-corrected chi connectivity index (χ2v) is 9.91. The summed E-state index contributed by atoms with van der Waals surface area (Å²) in [5.41, 5.74) is 3.87. The number of alkyl carbamates (subject to hydrolysis) is 1. The van der Waals surface area contributed by atoms with Gasteiger partial charge in [0.1, 0.15) is 6.61 Å². The average Bonchev–Trinajstić information content (AvgIpc) is 3.17. The zero-order valence-corrected chi connectivity index (χ0v) is 20.5. The van der Waals surface area contributed by atoms with Crippen molar-refractivity contribution in [2.45, 2.75) is 57.9 Å². The van der Waals surface area contributed by atoms with Crippen LogP contribution in [0.2, 0.25) is 0 Å². The van der Waals surface area contributed by atoms with Crippen molar-refractivity contribution in [1.29, 1.82) is 0 Å². The van der Waals surface area contributed by atoms with Crippen molar-refractivity contribution in [3.8, 4) is 11.1 Å². The minimum atomic E-state index is -0.814. The van der Waals surface area contributed by atoms with Gasteiger partial charge < -0.3 is 20.1 Å². The zero-order valence-electron chi connectivity index (χ0n) is 20.5. The third-order valence-electron chi connectivity index (χ3n) is 7.46. The van der Waals surface area contributed by atoms with Crippen LogP contribution in [-0.4, -0.2) is 53.7 Å². The summed E-state index contributed by atoms with van der Waals surface area (Å²) in [4.78, 5) is 38.8. The molecule has 1 heterocycles. The van der Waals surface area contributed by atoms with Crippen LogP contribution in [0.15, 0.2) is 48.5 Å². The van der Waals surface area contributed by atoms with Gasteiger partial charge in [0, 0.05) is 31.5 Å². The van der Waals surface area contributed by atoms with Crippen LogP contribution in [0.3, 0.4) is 0 Å². The van der Waals surface area contributed by atoms with E-state index < -0.39 is 17.5 Å². The first-order chi connectivity index (χ1) is 16.8. The number of hydrogen-bond donors (Lipinski definition) is 2. The number of carbonyl (C=O) groups excluding carboxylic acids is 2. The molecule has 0 spiro atoms. The molecule has 0 radical (unpaired) electrons. The van der Waals surface area contributed by atoms with Crippen LogP contribution in [0.1, 0.15) is 63.0 Å². The third-order valence-corrected chi connectivity index (χ3v) is 7.46. The summed E-state index contributed by atoms with van der Waals surface area (Å²) in [5.74, 6) is -0.892. The second-order valence-electron chi connectivity index (χ2n) is 9.91. The molecule has 7 nitrogen and oxygen atoms in total. The molecule has 0 unspecified atom stereocenters. The molecule has 2 N–H and O–H groups in total. The Kier molecular flexibility index (Phi) is 7.43. The minimum Gasteiger partial charge on any atom is -0.481 e. The number of rotatable bonds is 8. The minimum absolute atomic E-state index is 0.0173. The second kappa shape index (κ2) is 10.5. The molecule has 2 aromatic carbocycles. The first-order valence-corrected chi connectivity index (χ1v) is 12.4. The zero-order chi connectivity index (χ0) is 25.0. The normalized spacial score (nSPS) is 17.3. The number of likely N-dealkylation sites (tertiary alicyclic amines) is 1. The molecule has 1 aliphatic carbocycles. The van der Waals surface area contributed by atoms with Crippen molar-refractivity contribution in [3.05, 3.63) is 59.7 Å². The number of ether oxygens (including phenoxy) is 1. The Bertz CT molecular complexity index is 1040. The van der Waals surface area contributed by atoms with E-state index in [0.717, 1.165) is 17.5 Å². The smallest absolute Gasteiger partial charge is 0.407 e. The molecule has 1 saturated heterocycles. The summed E-state index contributed by atoms with van der Waals surface area (Å²) in [6.07, 6.45) is 2.02. The molecule has 0 saturated carbocycles. The maximum atomic E-state index is 12.9. The topological polar surface area (TPSA) is 95.9 Å². The third kappa shape index (κ3) is 5.34. The number of fused-ring (bicyclic) bond motifs is 3. The lowest BCUT2D eigenvalue weighted by Crippen LogP contribution is -2.47. The highest BCUT2D eigenvalue weighted by Gasteiger charge is 2.38. The van der Waals surface area contributed by atoms with Crippen LogP contribution in [0.5, 0.6) is 0 Å². The van der Waals surface area contributed by atoms with Gasteiger partial charge in [-0.2, -0.15) is 0 Å². The Morgan fingerprint density at radius 2 is 1.63 bits per heavy atom. The molecule has 186 valence electrons. The molecule has 2 amide bonds. The van der Waals surface area contributed by atoms with E-state index in [4.69, 9.17) is 4.74 Å². The van der Waals surface area contributed by atoms with Gasteiger partial charge in [0.2, 0.25) is 5.91 Å². The fourth-order valence-corrected chi connectivity index (χ4v) is 5.18. The molecule has 1 aliphatic heterocycles. The van der Waals surface area contributed by atoms with Crippen LogP contribution in [-0.2, 0) is 14.3 Å². The highest BCUT2D eigenvalue weighted by molar-refractivity contribution is 5.80. The van der Waals surface area contributed by atoms with Gasteiger partial charge >= 0.3 is 12.1 Å². The highest BCUT2D eigenvalue weighted by atomic mass is 16.5. The molecule has 4 rings (SSSR count). The van der Waals surface area contributed by atoms with Gasteiger partial charge in [-0.05, 0) is 48.4 Å². The Morgan fingerprint density at radius 3 is 2.17 bits per heavy atom. The van der Waals surface area contributed by atoms with Gasteiger partial charge in [0.05, 0.1) is 5.41 Å². The first-order valence-electron chi connectivity index (χ1n) is 12.4. The van der Waals surface area contributed by atoms with Crippen molar-refractivity contribution < 1.29 is 24.2 Å². The summed E-state index contributed by atoms with van der Waals surface area (Å²) in [6.45, 7) is 4.81. The van der Waals surface area contributed by atoms with E-state index in [-0.39, 0.29) is 30.9 Å². The predicted molar refractivity (Wildman–Crippen MR) is 133 cm³/mol. The van der Waals surface area contributed by atoms with Crippen molar-refractivity contribution in [1.82, 2.24) is 10.2 Å². The lowest BCUT2D eigenvalue weighted by Gasteiger charge is -2.37. The number of carbonyl (C=O) groups is 3. The fourth-order valence-electron chi connectivity index (χ4n) is 5.18. The van der Waals surface area contributed by atoms with E-state index in [0.29, 0.717) is 32.4 Å². The molecule has 0 bridgehead atoms. The molecule has 35 heavy (non-hydrogen) atoms. The van der Waals surface area contributed by atoms with Crippen molar-refractivity contribution in [2.24, 2.45) is 5.41 Å². The quantitative estimate of drug-likeness (QED) is 0.568. The fraction of sp³-hybridized carbons (Fsp3) is 0.464. The van der Waals surface area contributed by atoms with Gasteiger partial charge in [-0.25, -0.2) is 4.79 Å². The molecule has 7 heteroatoms. The SMILES string of the molecule is CCC[C@@H](CC(=O)N1CCC(C)(C(=O)O)CC1)NC(=O)OCC1c2ccccc2-c2ccccc21. The van der Waals surface area contributed by atoms with E-state index in [1.54, 1.807) is 11.8 Å². The monoisotopic (exact) mass is 478 g/mol. The number of aliphatic carboxylic acids is 1. The maximum absolute atomic E-state index is 12.9. The van der Waals surface area contributed by atoms with E-state index >= 15 is 0 Å². The lowest BCUT2D eigenvalue weighted by atomic mass is 9.80. The summed E-state index contributed by atoms with van der Waals surface area (Å²) in [7, 11) is 0. The first kappa shape index (κ1) is 24.8. The van der Waals surface area contributed by atoms with Crippen LogP contribution in [0, 0.1) is 5.41 Å². The van der Waals surface area contributed by atoms with Gasteiger partial charge in [-0.1, -0.05) is 61.9 Å². The Labute approximate surface area is 206 Å². The number of amides is 2. The summed E-state index contributed by atoms with van der Waals surface area (Å²) in [5, 5.41) is 12.3. The molecule has 0 aromatic heterocycles. The van der Waals surface area contributed by atoms with Crippen molar-refractivity contribution in [3.63, 3.8) is 0 Å². The largest absolute Gasteiger partial charge is 0.481 e. The number of carboxylic acid groups (broad SMARTS) is 1. The molecular formula is C28H34N2O5. The molecule has 1 fully saturated rings.